The first kappa shape index (κ1) is 20.7. The molecule has 2 amide bonds. The summed E-state index contributed by atoms with van der Waals surface area (Å²) >= 11 is 1.13. The molecule has 1 N–H and O–H groups in total. The molecule has 1 aliphatic heterocycles. The predicted octanol–water partition coefficient (Wildman–Crippen LogP) is 4.53. The van der Waals surface area contributed by atoms with Crippen LogP contribution in [0.25, 0.3) is 16.8 Å². The lowest BCUT2D eigenvalue weighted by atomic mass is 10.1. The lowest BCUT2D eigenvalue weighted by Crippen LogP contribution is -2.23. The average molecular weight is 433 g/mol. The molecule has 1 aliphatic rings. The molecule has 3 aromatic rings. The molecule has 4 rings (SSSR count). The number of amidine groups is 1. The van der Waals surface area contributed by atoms with E-state index in [-0.39, 0.29) is 17.0 Å². The van der Waals surface area contributed by atoms with Gasteiger partial charge in [0.25, 0.3) is 5.91 Å². The molecule has 0 bridgehead atoms. The van der Waals surface area contributed by atoms with Crippen LogP contribution in [0.3, 0.4) is 0 Å². The summed E-state index contributed by atoms with van der Waals surface area (Å²) in [6.07, 6.45) is 1.71. The van der Waals surface area contributed by atoms with Crippen molar-refractivity contribution in [1.82, 2.24) is 5.32 Å². The molecule has 0 unspecified atom stereocenters. The first-order valence-corrected chi connectivity index (χ1v) is 10.4. The van der Waals surface area contributed by atoms with E-state index < -0.39 is 0 Å². The normalized spacial score (nSPS) is 14.6. The topological polar surface area (TPSA) is 77.0 Å². The van der Waals surface area contributed by atoms with Gasteiger partial charge in [-0.1, -0.05) is 48.5 Å². The summed E-state index contributed by atoms with van der Waals surface area (Å²) in [5.41, 5.74) is 1.85. The monoisotopic (exact) mass is 432 g/mol. The molecule has 6 nitrogen and oxygen atoms in total. The predicted molar refractivity (Wildman–Crippen MR) is 123 cm³/mol. The molecule has 3 aromatic carbocycles. The number of hydrogen-bond acceptors (Lipinski definition) is 5. The fraction of sp³-hybridized carbons (Fsp3) is 0.125. The fourth-order valence-electron chi connectivity index (χ4n) is 3.23. The highest BCUT2D eigenvalue weighted by molar-refractivity contribution is 8.18. The van der Waals surface area contributed by atoms with E-state index in [2.05, 4.69) is 28.5 Å². The number of fused-ring (bicyclic) bond motifs is 1. The molecule has 1 heterocycles. The number of ether oxygens (including phenoxy) is 2. The van der Waals surface area contributed by atoms with E-state index in [1.165, 1.54) is 6.92 Å². The number of thioether (sulfide) groups is 1. The van der Waals surface area contributed by atoms with Crippen LogP contribution in [-0.4, -0.2) is 24.1 Å². The van der Waals surface area contributed by atoms with Gasteiger partial charge in [0.1, 0.15) is 6.61 Å². The second-order valence-corrected chi connectivity index (χ2v) is 7.88. The van der Waals surface area contributed by atoms with Crippen LogP contribution in [0, 0.1) is 0 Å². The molecule has 0 atom stereocenters. The molecule has 0 radical (unpaired) electrons. The van der Waals surface area contributed by atoms with E-state index in [9.17, 15) is 9.59 Å². The zero-order chi connectivity index (χ0) is 21.8. The van der Waals surface area contributed by atoms with Gasteiger partial charge in [-0.15, -0.1) is 0 Å². The minimum absolute atomic E-state index is 0.269. The highest BCUT2D eigenvalue weighted by Crippen LogP contribution is 2.33. The number of amides is 2. The largest absolute Gasteiger partial charge is 0.493 e. The Kier molecular flexibility index (Phi) is 6.04. The minimum Gasteiger partial charge on any atom is -0.493 e. The van der Waals surface area contributed by atoms with Crippen LogP contribution in [0.5, 0.6) is 11.5 Å². The maximum absolute atomic E-state index is 12.1. The van der Waals surface area contributed by atoms with Crippen LogP contribution < -0.4 is 14.8 Å². The van der Waals surface area contributed by atoms with E-state index in [1.54, 1.807) is 19.3 Å². The van der Waals surface area contributed by atoms with Crippen LogP contribution in [0.2, 0.25) is 0 Å². The number of hydrogen-bond donors (Lipinski definition) is 1. The number of carbonyl (C=O) groups is 2. The average Bonchev–Trinajstić information content (AvgIpc) is 3.10. The van der Waals surface area contributed by atoms with E-state index in [1.807, 2.05) is 36.4 Å². The van der Waals surface area contributed by atoms with Crippen LogP contribution in [0.1, 0.15) is 18.1 Å². The number of benzene rings is 3. The van der Waals surface area contributed by atoms with Crippen LogP contribution in [-0.2, 0) is 16.2 Å². The van der Waals surface area contributed by atoms with Gasteiger partial charge in [-0.3, -0.25) is 9.59 Å². The maximum atomic E-state index is 12.1. The van der Waals surface area contributed by atoms with Crippen molar-refractivity contribution in [2.24, 2.45) is 4.99 Å². The van der Waals surface area contributed by atoms with Crippen LogP contribution in [0.4, 0.5) is 0 Å². The first-order chi connectivity index (χ1) is 15.0. The van der Waals surface area contributed by atoms with Crippen LogP contribution in [0.15, 0.2) is 70.6 Å². The second kappa shape index (κ2) is 9.06. The Morgan fingerprint density at radius 2 is 1.90 bits per heavy atom. The van der Waals surface area contributed by atoms with Crippen molar-refractivity contribution in [3.63, 3.8) is 0 Å². The van der Waals surface area contributed by atoms with Gasteiger partial charge >= 0.3 is 0 Å². The second-order valence-electron chi connectivity index (χ2n) is 6.85. The Balaban J connectivity index is 1.51. The van der Waals surface area contributed by atoms with E-state index in [0.717, 1.165) is 33.7 Å². The van der Waals surface area contributed by atoms with Crippen molar-refractivity contribution in [2.75, 3.05) is 7.11 Å². The summed E-state index contributed by atoms with van der Waals surface area (Å²) < 4.78 is 11.5. The number of carbonyl (C=O) groups excluding carboxylic acids is 2. The number of nitrogens with one attached hydrogen (secondary N) is 1. The SMILES string of the molecule is COc1cc(/C=C2/SC(NC(C)=O)=NC2=O)ccc1OCc1cccc2ccccc12. The Morgan fingerprint density at radius 3 is 2.71 bits per heavy atom. The fourth-order valence-corrected chi connectivity index (χ4v) is 4.09. The smallest absolute Gasteiger partial charge is 0.286 e. The van der Waals surface area contributed by atoms with Crippen molar-refractivity contribution in [3.8, 4) is 11.5 Å². The van der Waals surface area contributed by atoms with Gasteiger partial charge in [-0.25, -0.2) is 0 Å². The summed E-state index contributed by atoms with van der Waals surface area (Å²) in [5, 5.41) is 5.13. The molecule has 31 heavy (non-hydrogen) atoms. The third-order valence-corrected chi connectivity index (χ3v) is 5.55. The standard InChI is InChI=1S/C24H20N2O4S/c1-15(27)25-24-26-23(28)22(31-24)13-16-10-11-20(21(12-16)29-2)30-14-18-8-5-7-17-6-3-4-9-19(17)18/h3-13H,14H2,1-2H3,(H,25,26,27,28)/b22-13+. The van der Waals surface area contributed by atoms with E-state index in [4.69, 9.17) is 9.47 Å². The Hall–Kier alpha value is -3.58. The molecule has 7 heteroatoms. The van der Waals surface area contributed by atoms with Gasteiger partial charge < -0.3 is 14.8 Å². The molecule has 0 saturated carbocycles. The molecule has 0 fully saturated rings. The Labute approximate surface area is 184 Å². The van der Waals surface area contributed by atoms with Gasteiger partial charge in [-0.2, -0.15) is 4.99 Å². The van der Waals surface area contributed by atoms with E-state index >= 15 is 0 Å². The number of nitrogens with zero attached hydrogens (tertiary/aromatic N) is 1. The maximum Gasteiger partial charge on any atom is 0.286 e. The molecular weight excluding hydrogens is 412 g/mol. The van der Waals surface area contributed by atoms with Gasteiger partial charge in [0.15, 0.2) is 16.7 Å². The summed E-state index contributed by atoms with van der Waals surface area (Å²) in [4.78, 5) is 27.5. The van der Waals surface area contributed by atoms with Crippen molar-refractivity contribution in [1.29, 1.82) is 0 Å². The van der Waals surface area contributed by atoms with Crippen LogP contribution >= 0.6 is 11.8 Å². The zero-order valence-corrected chi connectivity index (χ0v) is 17.9. The lowest BCUT2D eigenvalue weighted by molar-refractivity contribution is -0.117. The molecule has 156 valence electrons. The summed E-state index contributed by atoms with van der Waals surface area (Å²) in [6, 6.07) is 19.8. The molecule has 0 spiro atoms. The van der Waals surface area contributed by atoms with Gasteiger partial charge in [-0.05, 0) is 51.9 Å². The summed E-state index contributed by atoms with van der Waals surface area (Å²) in [7, 11) is 1.57. The minimum atomic E-state index is -0.385. The number of methoxy groups -OCH3 is 1. The number of aliphatic imine (C=N–C) groups is 1. The van der Waals surface area contributed by atoms with Crippen molar-refractivity contribution >= 4 is 45.6 Å². The Bertz CT molecular complexity index is 1230. The van der Waals surface area contributed by atoms with Gasteiger partial charge in [0.05, 0.1) is 12.0 Å². The molecule has 0 saturated heterocycles. The van der Waals surface area contributed by atoms with Crippen molar-refractivity contribution in [3.05, 3.63) is 76.7 Å². The summed E-state index contributed by atoms with van der Waals surface area (Å²) in [5.74, 6) is 0.518. The summed E-state index contributed by atoms with van der Waals surface area (Å²) in [6.45, 7) is 1.78. The van der Waals surface area contributed by atoms with Crippen molar-refractivity contribution < 1.29 is 19.1 Å². The molecular formula is C24H20N2O4S. The Morgan fingerprint density at radius 1 is 1.10 bits per heavy atom. The quantitative estimate of drug-likeness (QED) is 0.599. The third-order valence-electron chi connectivity index (χ3n) is 4.65. The third kappa shape index (κ3) is 4.78. The first-order valence-electron chi connectivity index (χ1n) is 9.61. The molecule has 0 aliphatic carbocycles. The molecule has 0 aromatic heterocycles. The van der Waals surface area contributed by atoms with Gasteiger partial charge in [0.2, 0.25) is 5.91 Å². The highest BCUT2D eigenvalue weighted by atomic mass is 32.2. The van der Waals surface area contributed by atoms with E-state index in [0.29, 0.717) is 23.0 Å². The zero-order valence-electron chi connectivity index (χ0n) is 17.0. The highest BCUT2D eigenvalue weighted by Gasteiger charge is 2.22. The lowest BCUT2D eigenvalue weighted by Gasteiger charge is -2.13. The van der Waals surface area contributed by atoms with Gasteiger partial charge in [0, 0.05) is 6.92 Å². The number of rotatable bonds is 5. The van der Waals surface area contributed by atoms with Crippen molar-refractivity contribution in [2.45, 2.75) is 13.5 Å².